The number of hydrogen-bond donors (Lipinski definition) is 1. The van der Waals surface area contributed by atoms with Crippen LogP contribution in [0.2, 0.25) is 18.1 Å². The smallest absolute Gasteiger partial charge is 0.340 e. The number of ether oxygens (including phenoxy) is 1. The van der Waals surface area contributed by atoms with Crippen LogP contribution in [0.3, 0.4) is 0 Å². The van der Waals surface area contributed by atoms with Crippen molar-refractivity contribution in [1.29, 1.82) is 0 Å². The minimum Gasteiger partial charge on any atom is -0.437 e. The van der Waals surface area contributed by atoms with Gasteiger partial charge in [0.15, 0.2) is 14.5 Å². The molecule has 1 fully saturated rings. The van der Waals surface area contributed by atoms with Gasteiger partial charge in [-0.15, -0.1) is 0 Å². The number of rotatable bonds is 5. The number of carbonyl (C=O) groups is 2. The number of amides is 1. The van der Waals surface area contributed by atoms with Crippen LogP contribution in [0.15, 0.2) is 18.2 Å². The summed E-state index contributed by atoms with van der Waals surface area (Å²) in [4.78, 5) is 24.7. The van der Waals surface area contributed by atoms with E-state index in [-0.39, 0.29) is 17.0 Å². The third-order valence-corrected chi connectivity index (χ3v) is 10.2. The molecule has 1 aromatic carbocycles. The van der Waals surface area contributed by atoms with Crippen molar-refractivity contribution in [2.75, 3.05) is 0 Å². The topological polar surface area (TPSA) is 64.6 Å². The highest BCUT2D eigenvalue weighted by atomic mass is 28.4. The maximum atomic E-state index is 12.6. The van der Waals surface area contributed by atoms with Crippen molar-refractivity contribution in [2.24, 2.45) is 5.92 Å². The highest BCUT2D eigenvalue weighted by Gasteiger charge is 2.49. The van der Waals surface area contributed by atoms with Crippen molar-refractivity contribution in [3.05, 3.63) is 34.9 Å². The Balaban J connectivity index is 2.10. The van der Waals surface area contributed by atoms with Gasteiger partial charge in [-0.1, -0.05) is 39.0 Å². The molecule has 1 aromatic rings. The Morgan fingerprint density at radius 1 is 1.19 bits per heavy atom. The van der Waals surface area contributed by atoms with Crippen LogP contribution >= 0.6 is 0 Å². The number of β-lactam (4-membered cyclic amide) rings is 1. The largest absolute Gasteiger partial charge is 0.437 e. The third-order valence-electron chi connectivity index (χ3n) is 5.63. The zero-order valence-electron chi connectivity index (χ0n) is 17.1. The highest BCUT2D eigenvalue weighted by molar-refractivity contribution is 6.74. The van der Waals surface area contributed by atoms with E-state index in [9.17, 15) is 9.59 Å². The van der Waals surface area contributed by atoms with Crippen LogP contribution < -0.4 is 5.32 Å². The summed E-state index contributed by atoms with van der Waals surface area (Å²) >= 11 is 0. The number of nitrogens with one attached hydrogen (secondary N) is 1. The Morgan fingerprint density at radius 3 is 2.19 bits per heavy atom. The summed E-state index contributed by atoms with van der Waals surface area (Å²) in [6.07, 6.45) is -0.950. The van der Waals surface area contributed by atoms with E-state index in [0.29, 0.717) is 5.56 Å². The lowest BCUT2D eigenvalue weighted by Crippen LogP contribution is -2.65. The van der Waals surface area contributed by atoms with Crippen molar-refractivity contribution >= 4 is 20.2 Å². The van der Waals surface area contributed by atoms with Crippen molar-refractivity contribution in [3.63, 3.8) is 0 Å². The number of hydrogen-bond acceptors (Lipinski definition) is 4. The Kier molecular flexibility index (Phi) is 5.68. The van der Waals surface area contributed by atoms with Crippen LogP contribution in [0.25, 0.3) is 0 Å². The lowest BCUT2D eigenvalue weighted by molar-refractivity contribution is -0.154. The quantitative estimate of drug-likeness (QED) is 0.479. The summed E-state index contributed by atoms with van der Waals surface area (Å²) < 4.78 is 11.9. The second-order valence-electron chi connectivity index (χ2n) is 8.71. The van der Waals surface area contributed by atoms with Crippen LogP contribution in [0.4, 0.5) is 0 Å². The highest BCUT2D eigenvalue weighted by Crippen LogP contribution is 2.39. The molecule has 2 rings (SSSR count). The number of benzene rings is 1. The zero-order valence-corrected chi connectivity index (χ0v) is 18.1. The molecule has 1 aliphatic rings. The third kappa shape index (κ3) is 4.01. The molecular weight excluding hydrogens is 346 g/mol. The van der Waals surface area contributed by atoms with Crippen LogP contribution in [0, 0.1) is 19.8 Å². The lowest BCUT2D eigenvalue weighted by atomic mass is 9.93. The Hall–Kier alpha value is -1.66. The maximum Gasteiger partial charge on any atom is 0.340 e. The minimum absolute atomic E-state index is 0.0475. The summed E-state index contributed by atoms with van der Waals surface area (Å²) in [7, 11) is -2.01. The molecule has 26 heavy (non-hydrogen) atoms. The molecule has 1 amide bonds. The van der Waals surface area contributed by atoms with Gasteiger partial charge in [-0.3, -0.25) is 4.79 Å². The van der Waals surface area contributed by atoms with E-state index in [0.717, 1.165) is 11.1 Å². The first-order valence-electron chi connectivity index (χ1n) is 9.10. The predicted molar refractivity (Wildman–Crippen MR) is 104 cm³/mol. The average molecular weight is 378 g/mol. The van der Waals surface area contributed by atoms with Crippen molar-refractivity contribution < 1.29 is 18.8 Å². The van der Waals surface area contributed by atoms with Crippen molar-refractivity contribution in [2.45, 2.75) is 72.0 Å². The maximum absolute atomic E-state index is 12.6. The van der Waals surface area contributed by atoms with E-state index in [4.69, 9.17) is 9.16 Å². The van der Waals surface area contributed by atoms with Gasteiger partial charge in [0, 0.05) is 0 Å². The monoisotopic (exact) mass is 377 g/mol. The molecule has 1 N–H and O–H groups in total. The predicted octanol–water partition coefficient (Wildman–Crippen LogP) is 3.94. The average Bonchev–Trinajstić information content (AvgIpc) is 2.44. The fourth-order valence-electron chi connectivity index (χ4n) is 2.96. The first-order valence-corrected chi connectivity index (χ1v) is 12.0. The molecule has 1 saturated heterocycles. The van der Waals surface area contributed by atoms with E-state index in [1.165, 1.54) is 0 Å². The van der Waals surface area contributed by atoms with Gasteiger partial charge in [-0.2, -0.15) is 0 Å². The van der Waals surface area contributed by atoms with Gasteiger partial charge in [0.1, 0.15) is 5.92 Å². The molecule has 3 atom stereocenters. The Labute approximate surface area is 157 Å². The number of esters is 1. The first kappa shape index (κ1) is 20.6. The molecule has 6 heteroatoms. The molecule has 0 aliphatic carbocycles. The standard InChI is InChI=1S/C20H31NO4Si/c1-12-10-9-11-13(2)15(12)19(23)24-18-16(17(22)21-18)14(3)25-26(7,8)20(4,5)6/h9-11,14,16,18H,1-8H3,(H,21,22)/t14-,16-,18-/m1/s1. The molecule has 0 aromatic heterocycles. The van der Waals surface area contributed by atoms with E-state index in [1.807, 2.05) is 39.0 Å². The van der Waals surface area contributed by atoms with E-state index < -0.39 is 26.4 Å². The molecule has 144 valence electrons. The zero-order chi connectivity index (χ0) is 19.9. The molecule has 0 radical (unpaired) electrons. The van der Waals surface area contributed by atoms with E-state index in [2.05, 4.69) is 39.2 Å². The molecule has 1 heterocycles. The fourth-order valence-corrected chi connectivity index (χ4v) is 4.38. The molecule has 0 saturated carbocycles. The van der Waals surface area contributed by atoms with Crippen LogP contribution in [0.1, 0.15) is 49.2 Å². The Morgan fingerprint density at radius 2 is 1.73 bits per heavy atom. The second kappa shape index (κ2) is 7.16. The Bertz CT molecular complexity index is 688. The van der Waals surface area contributed by atoms with Crippen molar-refractivity contribution in [3.8, 4) is 0 Å². The number of aryl methyl sites for hydroxylation is 2. The van der Waals surface area contributed by atoms with Crippen LogP contribution in [-0.2, 0) is 14.0 Å². The molecule has 5 nitrogen and oxygen atoms in total. The van der Waals surface area contributed by atoms with Gasteiger partial charge in [0.05, 0.1) is 11.7 Å². The molecule has 0 unspecified atom stereocenters. The van der Waals surface area contributed by atoms with Crippen LogP contribution in [0.5, 0.6) is 0 Å². The second-order valence-corrected chi connectivity index (χ2v) is 13.5. The summed E-state index contributed by atoms with van der Waals surface area (Å²) in [6, 6.07) is 5.66. The van der Waals surface area contributed by atoms with E-state index >= 15 is 0 Å². The summed E-state index contributed by atoms with van der Waals surface area (Å²) in [6.45, 7) is 16.4. The van der Waals surface area contributed by atoms with Crippen molar-refractivity contribution in [1.82, 2.24) is 5.32 Å². The number of carbonyl (C=O) groups excluding carboxylic acids is 2. The molecule has 0 spiro atoms. The summed E-state index contributed by atoms with van der Waals surface area (Å²) in [5.41, 5.74) is 2.29. The van der Waals surface area contributed by atoms with Gasteiger partial charge in [-0.05, 0) is 50.0 Å². The summed E-state index contributed by atoms with van der Waals surface area (Å²) in [5.74, 6) is -1.01. The first-order chi connectivity index (χ1) is 11.8. The van der Waals surface area contributed by atoms with Gasteiger partial charge < -0.3 is 14.5 Å². The molecule has 0 bridgehead atoms. The normalized spacial score (nSPS) is 21.6. The van der Waals surface area contributed by atoms with Gasteiger partial charge >= 0.3 is 5.97 Å². The van der Waals surface area contributed by atoms with Crippen LogP contribution in [-0.4, -0.2) is 32.5 Å². The molecule has 1 aliphatic heterocycles. The van der Waals surface area contributed by atoms with Gasteiger partial charge in [0.25, 0.3) is 0 Å². The van der Waals surface area contributed by atoms with Gasteiger partial charge in [-0.25, -0.2) is 4.79 Å². The summed E-state index contributed by atoms with van der Waals surface area (Å²) in [5, 5.41) is 2.74. The van der Waals surface area contributed by atoms with Gasteiger partial charge in [0.2, 0.25) is 5.91 Å². The minimum atomic E-state index is -2.01. The fraction of sp³-hybridized carbons (Fsp3) is 0.600. The molecular formula is C20H31NO4Si. The van der Waals surface area contributed by atoms with E-state index in [1.54, 1.807) is 0 Å². The lowest BCUT2D eigenvalue weighted by Gasteiger charge is -2.44. The SMILES string of the molecule is Cc1cccc(C)c1C(=O)O[C@H]1NC(=O)[C@H]1[C@@H](C)O[Si](C)(C)C(C)(C)C.